The van der Waals surface area contributed by atoms with Gasteiger partial charge in [-0.2, -0.15) is 0 Å². The highest BCUT2D eigenvalue weighted by atomic mass is 16.3. The quantitative estimate of drug-likeness (QED) is 0.801. The number of rotatable bonds is 3. The van der Waals surface area contributed by atoms with Gasteiger partial charge in [-0.05, 0) is 43.2 Å². The number of benzene rings is 1. The van der Waals surface area contributed by atoms with E-state index in [4.69, 9.17) is 0 Å². The minimum absolute atomic E-state index is 0.0294. The van der Waals surface area contributed by atoms with Crippen LogP contribution in [0.15, 0.2) is 24.3 Å². The summed E-state index contributed by atoms with van der Waals surface area (Å²) in [7, 11) is 0. The Hall–Kier alpha value is -1.55. The van der Waals surface area contributed by atoms with Gasteiger partial charge in [0.15, 0.2) is 0 Å². The van der Waals surface area contributed by atoms with Gasteiger partial charge in [-0.3, -0.25) is 0 Å². The second-order valence-electron chi connectivity index (χ2n) is 6.39. The van der Waals surface area contributed by atoms with Crippen molar-refractivity contribution in [2.24, 2.45) is 0 Å². The van der Waals surface area contributed by atoms with Gasteiger partial charge in [-0.25, -0.2) is 4.79 Å². The average Bonchev–Trinajstić information content (AvgIpc) is 2.96. The molecule has 21 heavy (non-hydrogen) atoms. The van der Waals surface area contributed by atoms with Crippen molar-refractivity contribution in [3.63, 3.8) is 0 Å². The fourth-order valence-electron chi connectivity index (χ4n) is 3.71. The minimum Gasteiger partial charge on any atom is -0.394 e. The van der Waals surface area contributed by atoms with Crippen LogP contribution in [0.1, 0.15) is 55.7 Å². The van der Waals surface area contributed by atoms with Crippen LogP contribution in [-0.2, 0) is 6.42 Å². The van der Waals surface area contributed by atoms with E-state index in [2.05, 4.69) is 28.8 Å². The van der Waals surface area contributed by atoms with Crippen molar-refractivity contribution in [3.05, 3.63) is 35.4 Å². The Kier molecular flexibility index (Phi) is 4.15. The van der Waals surface area contributed by atoms with Gasteiger partial charge in [0, 0.05) is 0 Å². The Balaban J connectivity index is 1.66. The smallest absolute Gasteiger partial charge is 0.315 e. The Bertz CT molecular complexity index is 509. The molecule has 4 heteroatoms. The van der Waals surface area contributed by atoms with Crippen molar-refractivity contribution < 1.29 is 9.90 Å². The summed E-state index contributed by atoms with van der Waals surface area (Å²) in [4.78, 5) is 12.3. The van der Waals surface area contributed by atoms with E-state index in [-0.39, 0.29) is 18.7 Å². The molecule has 1 saturated carbocycles. The van der Waals surface area contributed by atoms with Gasteiger partial charge in [-0.15, -0.1) is 0 Å². The van der Waals surface area contributed by atoms with E-state index < -0.39 is 5.54 Å². The van der Waals surface area contributed by atoms with Gasteiger partial charge in [0.2, 0.25) is 0 Å². The highest BCUT2D eigenvalue weighted by molar-refractivity contribution is 5.75. The standard InChI is InChI=1S/C17H24N2O2/c20-12-17(10-3-4-11-17)19-16(21)18-15-9-5-7-13-6-1-2-8-14(13)15/h1-2,6,8,15,20H,3-5,7,9-12H2,(H2,18,19,21). The zero-order valence-electron chi connectivity index (χ0n) is 12.4. The number of amides is 2. The fourth-order valence-corrected chi connectivity index (χ4v) is 3.71. The van der Waals surface area contributed by atoms with E-state index in [0.29, 0.717) is 0 Å². The topological polar surface area (TPSA) is 61.4 Å². The first kappa shape index (κ1) is 14.4. The zero-order chi connectivity index (χ0) is 14.7. The summed E-state index contributed by atoms with van der Waals surface area (Å²) >= 11 is 0. The molecule has 1 unspecified atom stereocenters. The second kappa shape index (κ2) is 6.06. The lowest BCUT2D eigenvalue weighted by Gasteiger charge is -2.31. The molecule has 2 aliphatic carbocycles. The third kappa shape index (κ3) is 3.05. The highest BCUT2D eigenvalue weighted by Gasteiger charge is 2.35. The first-order chi connectivity index (χ1) is 10.2. The molecule has 0 heterocycles. The van der Waals surface area contributed by atoms with E-state index in [9.17, 15) is 9.90 Å². The highest BCUT2D eigenvalue weighted by Crippen LogP contribution is 2.31. The Morgan fingerprint density at radius 3 is 2.76 bits per heavy atom. The summed E-state index contributed by atoms with van der Waals surface area (Å²) in [6.07, 6.45) is 7.08. The minimum atomic E-state index is -0.404. The van der Waals surface area contributed by atoms with Crippen molar-refractivity contribution in [1.82, 2.24) is 10.6 Å². The van der Waals surface area contributed by atoms with Gasteiger partial charge < -0.3 is 15.7 Å². The first-order valence-corrected chi connectivity index (χ1v) is 8.00. The van der Waals surface area contributed by atoms with E-state index in [0.717, 1.165) is 44.9 Å². The SMILES string of the molecule is O=C(NC1CCCc2ccccc21)NC1(CO)CCCC1. The predicted molar refractivity (Wildman–Crippen MR) is 82.1 cm³/mol. The van der Waals surface area contributed by atoms with Gasteiger partial charge in [-0.1, -0.05) is 37.1 Å². The van der Waals surface area contributed by atoms with Crippen LogP contribution in [0.3, 0.4) is 0 Å². The van der Waals surface area contributed by atoms with Gasteiger partial charge >= 0.3 is 6.03 Å². The summed E-state index contributed by atoms with van der Waals surface area (Å²) in [5.74, 6) is 0. The third-order valence-corrected chi connectivity index (χ3v) is 4.92. The number of aryl methyl sites for hydroxylation is 1. The van der Waals surface area contributed by atoms with E-state index in [1.165, 1.54) is 11.1 Å². The van der Waals surface area contributed by atoms with Crippen LogP contribution in [0.4, 0.5) is 4.79 Å². The Morgan fingerprint density at radius 2 is 2.00 bits per heavy atom. The molecule has 0 radical (unpaired) electrons. The summed E-state index contributed by atoms with van der Waals surface area (Å²) < 4.78 is 0. The van der Waals surface area contributed by atoms with Crippen LogP contribution in [-0.4, -0.2) is 23.3 Å². The molecule has 0 bridgehead atoms. The first-order valence-electron chi connectivity index (χ1n) is 8.00. The predicted octanol–water partition coefficient (Wildman–Crippen LogP) is 2.67. The van der Waals surface area contributed by atoms with Crippen LogP contribution in [0.2, 0.25) is 0 Å². The summed E-state index contributed by atoms with van der Waals surface area (Å²) in [6, 6.07) is 8.29. The average molecular weight is 288 g/mol. The van der Waals surface area contributed by atoms with Crippen LogP contribution >= 0.6 is 0 Å². The lowest BCUT2D eigenvalue weighted by atomic mass is 9.88. The number of aliphatic hydroxyl groups excluding tert-OH is 1. The lowest BCUT2D eigenvalue weighted by molar-refractivity contribution is 0.161. The van der Waals surface area contributed by atoms with Crippen molar-refractivity contribution in [3.8, 4) is 0 Å². The molecule has 0 spiro atoms. The number of hydrogen-bond acceptors (Lipinski definition) is 2. The second-order valence-corrected chi connectivity index (χ2v) is 6.39. The molecule has 0 aliphatic heterocycles. The molecule has 4 nitrogen and oxygen atoms in total. The lowest BCUT2D eigenvalue weighted by Crippen LogP contribution is -2.53. The maximum absolute atomic E-state index is 12.3. The summed E-state index contributed by atoms with van der Waals surface area (Å²) in [6.45, 7) is 0.0294. The largest absolute Gasteiger partial charge is 0.394 e. The van der Waals surface area contributed by atoms with Crippen molar-refractivity contribution in [1.29, 1.82) is 0 Å². The van der Waals surface area contributed by atoms with E-state index in [1.807, 2.05) is 6.07 Å². The summed E-state index contributed by atoms with van der Waals surface area (Å²) in [5.41, 5.74) is 2.17. The summed E-state index contributed by atoms with van der Waals surface area (Å²) in [5, 5.41) is 15.7. The monoisotopic (exact) mass is 288 g/mol. The molecule has 1 fully saturated rings. The molecule has 0 saturated heterocycles. The number of fused-ring (bicyclic) bond motifs is 1. The molecular weight excluding hydrogens is 264 g/mol. The van der Waals surface area contributed by atoms with Crippen LogP contribution in [0, 0.1) is 0 Å². The van der Waals surface area contributed by atoms with E-state index >= 15 is 0 Å². The van der Waals surface area contributed by atoms with Crippen molar-refractivity contribution in [2.75, 3.05) is 6.61 Å². The van der Waals surface area contributed by atoms with Crippen LogP contribution in [0.25, 0.3) is 0 Å². The molecule has 3 rings (SSSR count). The molecule has 2 aliphatic rings. The molecule has 1 atom stereocenters. The van der Waals surface area contributed by atoms with Gasteiger partial charge in [0.05, 0.1) is 18.2 Å². The molecule has 2 amide bonds. The molecule has 1 aromatic carbocycles. The van der Waals surface area contributed by atoms with Crippen LogP contribution < -0.4 is 10.6 Å². The van der Waals surface area contributed by atoms with Gasteiger partial charge in [0.25, 0.3) is 0 Å². The number of carbonyl (C=O) groups is 1. The maximum Gasteiger partial charge on any atom is 0.315 e. The van der Waals surface area contributed by atoms with E-state index in [1.54, 1.807) is 0 Å². The normalized spacial score (nSPS) is 23.4. The van der Waals surface area contributed by atoms with Crippen molar-refractivity contribution >= 4 is 6.03 Å². The molecule has 3 N–H and O–H groups in total. The number of urea groups is 1. The number of carbonyl (C=O) groups excluding carboxylic acids is 1. The molecular formula is C17H24N2O2. The molecule has 1 aromatic rings. The Morgan fingerprint density at radius 1 is 1.24 bits per heavy atom. The van der Waals surface area contributed by atoms with Crippen LogP contribution in [0.5, 0.6) is 0 Å². The van der Waals surface area contributed by atoms with Crippen molar-refractivity contribution in [2.45, 2.75) is 56.5 Å². The Labute approximate surface area is 125 Å². The fraction of sp³-hybridized carbons (Fsp3) is 0.588. The molecule has 0 aromatic heterocycles. The molecule has 114 valence electrons. The maximum atomic E-state index is 12.3. The van der Waals surface area contributed by atoms with Gasteiger partial charge in [0.1, 0.15) is 0 Å². The number of nitrogens with one attached hydrogen (secondary N) is 2. The number of aliphatic hydroxyl groups is 1. The zero-order valence-corrected chi connectivity index (χ0v) is 12.4. The third-order valence-electron chi connectivity index (χ3n) is 4.92. The number of hydrogen-bond donors (Lipinski definition) is 3.